The summed E-state index contributed by atoms with van der Waals surface area (Å²) >= 11 is 5.05. The summed E-state index contributed by atoms with van der Waals surface area (Å²) in [7, 11) is 1.66. The lowest BCUT2D eigenvalue weighted by Crippen LogP contribution is -2.29. The molecule has 6 heteroatoms. The van der Waals surface area contributed by atoms with Crippen LogP contribution in [0.2, 0.25) is 0 Å². The van der Waals surface area contributed by atoms with Gasteiger partial charge < -0.3 is 4.74 Å². The lowest BCUT2D eigenvalue weighted by molar-refractivity contribution is 0.399. The Balaban J connectivity index is 2.26. The normalized spacial score (nSPS) is 12.4. The molecule has 0 bridgehead atoms. The van der Waals surface area contributed by atoms with Gasteiger partial charge in [-0.2, -0.15) is 0 Å². The van der Waals surface area contributed by atoms with Crippen LogP contribution in [-0.2, 0) is 6.42 Å². The molecule has 1 aromatic carbocycles. The third-order valence-electron chi connectivity index (χ3n) is 2.66. The average Bonchev–Trinajstić information content (AvgIpc) is 2.89. The fourth-order valence-electron chi connectivity index (χ4n) is 1.78. The molecule has 1 aromatic heterocycles. The van der Waals surface area contributed by atoms with Gasteiger partial charge in [0.2, 0.25) is 0 Å². The highest BCUT2D eigenvalue weighted by Crippen LogP contribution is 2.30. The molecule has 96 valence electrons. The first kappa shape index (κ1) is 13.5. The fourth-order valence-corrected chi connectivity index (χ4v) is 2.76. The van der Waals surface area contributed by atoms with Gasteiger partial charge in [0, 0.05) is 27.5 Å². The van der Waals surface area contributed by atoms with E-state index in [0.717, 1.165) is 22.2 Å². The second-order valence-corrected chi connectivity index (χ2v) is 5.66. The van der Waals surface area contributed by atoms with Crippen LogP contribution in [0.3, 0.4) is 0 Å². The summed E-state index contributed by atoms with van der Waals surface area (Å²) in [4.78, 5) is 5.25. The highest BCUT2D eigenvalue weighted by atomic mass is 79.9. The van der Waals surface area contributed by atoms with E-state index in [0.29, 0.717) is 0 Å². The summed E-state index contributed by atoms with van der Waals surface area (Å²) in [5, 5.41) is 0. The van der Waals surface area contributed by atoms with Crippen molar-refractivity contribution in [1.29, 1.82) is 0 Å². The van der Waals surface area contributed by atoms with E-state index < -0.39 is 0 Å². The minimum atomic E-state index is 0.00787. The molecule has 0 saturated heterocycles. The van der Waals surface area contributed by atoms with E-state index >= 15 is 0 Å². The molecule has 2 rings (SSSR count). The monoisotopic (exact) mass is 327 g/mol. The van der Waals surface area contributed by atoms with Crippen molar-refractivity contribution in [2.75, 3.05) is 7.11 Å². The van der Waals surface area contributed by atoms with E-state index in [1.807, 2.05) is 29.9 Å². The van der Waals surface area contributed by atoms with Gasteiger partial charge in [-0.05, 0) is 12.1 Å². The molecule has 0 radical (unpaired) electrons. The molecule has 1 unspecified atom stereocenters. The van der Waals surface area contributed by atoms with E-state index in [2.05, 4.69) is 26.3 Å². The number of nitrogens with zero attached hydrogens (tertiary/aromatic N) is 1. The van der Waals surface area contributed by atoms with Crippen molar-refractivity contribution in [3.8, 4) is 5.75 Å². The number of halogens is 1. The zero-order chi connectivity index (χ0) is 13.0. The van der Waals surface area contributed by atoms with Crippen molar-refractivity contribution in [1.82, 2.24) is 10.4 Å². The largest absolute Gasteiger partial charge is 0.496 e. The standard InChI is InChI=1S/C12H14BrN3OS/c1-17-12-4-8(13)2-3-10(12)11(16-14)5-9-6-15-7-18-9/h2-4,6-7,11,16H,5,14H2,1H3. The van der Waals surface area contributed by atoms with Gasteiger partial charge in [0.25, 0.3) is 0 Å². The van der Waals surface area contributed by atoms with E-state index in [1.54, 1.807) is 18.4 Å². The van der Waals surface area contributed by atoms with Crippen LogP contribution in [0.1, 0.15) is 16.5 Å². The van der Waals surface area contributed by atoms with Gasteiger partial charge in [-0.3, -0.25) is 16.3 Å². The summed E-state index contributed by atoms with van der Waals surface area (Å²) in [6, 6.07) is 5.93. The van der Waals surface area contributed by atoms with Crippen molar-refractivity contribution in [3.05, 3.63) is 44.8 Å². The van der Waals surface area contributed by atoms with Crippen LogP contribution in [-0.4, -0.2) is 12.1 Å². The minimum absolute atomic E-state index is 0.00787. The minimum Gasteiger partial charge on any atom is -0.496 e. The van der Waals surface area contributed by atoms with E-state index in [1.165, 1.54) is 4.88 Å². The summed E-state index contributed by atoms with van der Waals surface area (Å²) in [5.74, 6) is 6.47. The maximum atomic E-state index is 5.65. The Bertz CT molecular complexity index is 504. The van der Waals surface area contributed by atoms with Crippen LogP contribution < -0.4 is 16.0 Å². The number of hydrazine groups is 1. The van der Waals surface area contributed by atoms with Crippen molar-refractivity contribution < 1.29 is 4.74 Å². The third-order valence-corrected chi connectivity index (χ3v) is 3.96. The number of thiazole rings is 1. The first-order chi connectivity index (χ1) is 8.74. The Morgan fingerprint density at radius 1 is 1.56 bits per heavy atom. The zero-order valence-corrected chi connectivity index (χ0v) is 12.3. The van der Waals surface area contributed by atoms with Crippen LogP contribution in [0.4, 0.5) is 0 Å². The number of nitrogens with one attached hydrogen (secondary N) is 1. The van der Waals surface area contributed by atoms with E-state index in [-0.39, 0.29) is 6.04 Å². The maximum absolute atomic E-state index is 5.65. The molecule has 4 nitrogen and oxygen atoms in total. The zero-order valence-electron chi connectivity index (χ0n) is 9.89. The molecular formula is C12H14BrN3OS. The van der Waals surface area contributed by atoms with Crippen molar-refractivity contribution in [2.45, 2.75) is 12.5 Å². The number of aromatic nitrogens is 1. The van der Waals surface area contributed by atoms with Crippen LogP contribution in [0.25, 0.3) is 0 Å². The van der Waals surface area contributed by atoms with Crippen LogP contribution in [0.5, 0.6) is 5.75 Å². The third kappa shape index (κ3) is 3.08. The molecule has 0 amide bonds. The predicted molar refractivity (Wildman–Crippen MR) is 76.6 cm³/mol. The fraction of sp³-hybridized carbons (Fsp3) is 0.250. The Kier molecular flexibility index (Phi) is 4.71. The second-order valence-electron chi connectivity index (χ2n) is 3.78. The van der Waals surface area contributed by atoms with Gasteiger partial charge >= 0.3 is 0 Å². The Hall–Kier alpha value is -0.950. The van der Waals surface area contributed by atoms with Crippen LogP contribution in [0.15, 0.2) is 34.4 Å². The number of hydrogen-bond acceptors (Lipinski definition) is 5. The van der Waals surface area contributed by atoms with Gasteiger partial charge in [0.05, 0.1) is 18.7 Å². The van der Waals surface area contributed by atoms with Crippen molar-refractivity contribution in [2.24, 2.45) is 5.84 Å². The maximum Gasteiger partial charge on any atom is 0.124 e. The first-order valence-electron chi connectivity index (χ1n) is 5.41. The highest BCUT2D eigenvalue weighted by molar-refractivity contribution is 9.10. The van der Waals surface area contributed by atoms with Gasteiger partial charge in [0.1, 0.15) is 5.75 Å². The number of benzene rings is 1. The van der Waals surface area contributed by atoms with Crippen LogP contribution in [0, 0.1) is 0 Å². The molecule has 0 spiro atoms. The number of hydrogen-bond donors (Lipinski definition) is 2. The molecule has 3 N–H and O–H groups in total. The number of nitrogens with two attached hydrogens (primary N) is 1. The molecule has 0 aliphatic heterocycles. The Morgan fingerprint density at radius 3 is 3.00 bits per heavy atom. The molecule has 0 aliphatic rings. The highest BCUT2D eigenvalue weighted by Gasteiger charge is 2.16. The molecule has 1 heterocycles. The summed E-state index contributed by atoms with van der Waals surface area (Å²) in [6.07, 6.45) is 2.65. The smallest absolute Gasteiger partial charge is 0.124 e. The van der Waals surface area contributed by atoms with Crippen molar-refractivity contribution in [3.63, 3.8) is 0 Å². The first-order valence-corrected chi connectivity index (χ1v) is 7.08. The second kappa shape index (κ2) is 6.29. The lowest BCUT2D eigenvalue weighted by Gasteiger charge is -2.18. The quantitative estimate of drug-likeness (QED) is 0.654. The number of rotatable bonds is 5. The molecule has 0 fully saturated rings. The van der Waals surface area contributed by atoms with Crippen LogP contribution >= 0.6 is 27.3 Å². The van der Waals surface area contributed by atoms with E-state index in [4.69, 9.17) is 10.6 Å². The summed E-state index contributed by atoms with van der Waals surface area (Å²) in [5.41, 5.74) is 5.69. The Labute approximate surface area is 118 Å². The summed E-state index contributed by atoms with van der Waals surface area (Å²) < 4.78 is 6.37. The Morgan fingerprint density at radius 2 is 2.39 bits per heavy atom. The number of ether oxygens (including phenoxy) is 1. The molecule has 2 aromatic rings. The average molecular weight is 328 g/mol. The van der Waals surface area contributed by atoms with Gasteiger partial charge in [-0.25, -0.2) is 0 Å². The topological polar surface area (TPSA) is 60.2 Å². The van der Waals surface area contributed by atoms with Crippen molar-refractivity contribution >= 4 is 27.3 Å². The molecular weight excluding hydrogens is 314 g/mol. The van der Waals surface area contributed by atoms with E-state index in [9.17, 15) is 0 Å². The molecule has 0 saturated carbocycles. The SMILES string of the molecule is COc1cc(Br)ccc1C(Cc1cncs1)NN. The number of methoxy groups -OCH3 is 1. The van der Waals surface area contributed by atoms with Gasteiger partial charge in [-0.1, -0.05) is 22.0 Å². The molecule has 18 heavy (non-hydrogen) atoms. The molecule has 1 atom stereocenters. The summed E-state index contributed by atoms with van der Waals surface area (Å²) in [6.45, 7) is 0. The van der Waals surface area contributed by atoms with Gasteiger partial charge in [0.15, 0.2) is 0 Å². The molecule has 0 aliphatic carbocycles. The predicted octanol–water partition coefficient (Wildman–Crippen LogP) is 2.66. The lowest BCUT2D eigenvalue weighted by atomic mass is 10.0. The van der Waals surface area contributed by atoms with Gasteiger partial charge in [-0.15, -0.1) is 11.3 Å².